The van der Waals surface area contributed by atoms with Crippen molar-refractivity contribution in [2.24, 2.45) is 0 Å². The van der Waals surface area contributed by atoms with Crippen molar-refractivity contribution in [2.75, 3.05) is 19.6 Å². The molecule has 0 amide bonds. The highest BCUT2D eigenvalue weighted by Crippen LogP contribution is 2.13. The van der Waals surface area contributed by atoms with E-state index in [0.29, 0.717) is 24.3 Å². The van der Waals surface area contributed by atoms with E-state index in [1.807, 2.05) is 0 Å². The largest absolute Gasteiger partial charge is 0.373 e. The Hall–Kier alpha value is -0.120. The van der Waals surface area contributed by atoms with Gasteiger partial charge in [-0.05, 0) is 34.1 Å². The molecule has 1 heterocycles. The Kier molecular flexibility index (Phi) is 5.73. The first-order chi connectivity index (χ1) is 7.52. The van der Waals surface area contributed by atoms with Gasteiger partial charge in [-0.2, -0.15) is 0 Å². The van der Waals surface area contributed by atoms with Gasteiger partial charge in [-0.15, -0.1) is 0 Å². The molecule has 0 aromatic carbocycles. The topological polar surface area (TPSA) is 24.5 Å². The third-order valence-corrected chi connectivity index (χ3v) is 3.45. The number of hydrogen-bond donors (Lipinski definition) is 1. The summed E-state index contributed by atoms with van der Waals surface area (Å²) in [5.74, 6) is 0. The van der Waals surface area contributed by atoms with Crippen LogP contribution in [0.2, 0.25) is 0 Å². The maximum Gasteiger partial charge on any atom is 0.0678 e. The second-order valence-electron chi connectivity index (χ2n) is 5.28. The minimum absolute atomic E-state index is 0.370. The zero-order valence-corrected chi connectivity index (χ0v) is 11.5. The summed E-state index contributed by atoms with van der Waals surface area (Å²) in [7, 11) is 0. The lowest BCUT2D eigenvalue weighted by Gasteiger charge is -2.39. The van der Waals surface area contributed by atoms with Crippen LogP contribution in [0.3, 0.4) is 0 Å². The van der Waals surface area contributed by atoms with Gasteiger partial charge in [0.2, 0.25) is 0 Å². The van der Waals surface area contributed by atoms with Crippen LogP contribution in [0, 0.1) is 0 Å². The first kappa shape index (κ1) is 13.9. The van der Waals surface area contributed by atoms with E-state index >= 15 is 0 Å². The van der Waals surface area contributed by atoms with Gasteiger partial charge in [-0.25, -0.2) is 0 Å². The molecule has 3 heteroatoms. The van der Waals surface area contributed by atoms with Crippen LogP contribution in [0.15, 0.2) is 0 Å². The van der Waals surface area contributed by atoms with Crippen molar-refractivity contribution >= 4 is 0 Å². The smallest absolute Gasteiger partial charge is 0.0678 e. The van der Waals surface area contributed by atoms with Crippen LogP contribution in [0.5, 0.6) is 0 Å². The molecule has 0 aliphatic carbocycles. The monoisotopic (exact) mass is 228 g/mol. The Morgan fingerprint density at radius 2 is 1.81 bits per heavy atom. The summed E-state index contributed by atoms with van der Waals surface area (Å²) >= 11 is 0. The van der Waals surface area contributed by atoms with Crippen molar-refractivity contribution in [1.82, 2.24) is 10.2 Å². The number of nitrogens with one attached hydrogen (secondary N) is 1. The maximum atomic E-state index is 5.75. The van der Waals surface area contributed by atoms with Crippen molar-refractivity contribution in [2.45, 2.75) is 65.3 Å². The summed E-state index contributed by atoms with van der Waals surface area (Å²) < 4.78 is 5.75. The van der Waals surface area contributed by atoms with Crippen LogP contribution in [-0.4, -0.2) is 48.8 Å². The molecule has 96 valence electrons. The van der Waals surface area contributed by atoms with E-state index in [9.17, 15) is 0 Å². The van der Waals surface area contributed by atoms with E-state index in [1.54, 1.807) is 0 Å². The molecule has 0 radical (unpaired) electrons. The lowest BCUT2D eigenvalue weighted by atomic mass is 10.1. The molecular formula is C13H28N2O. The minimum Gasteiger partial charge on any atom is -0.373 e. The second-order valence-corrected chi connectivity index (χ2v) is 5.28. The van der Waals surface area contributed by atoms with Gasteiger partial charge in [0.1, 0.15) is 0 Å². The standard InChI is InChI=1S/C13H28N2O/c1-6-10(2)14-7-11(3)15-8-12(4)16-13(5)9-15/h10-14H,6-9H2,1-5H3/t10?,11?,12-,13+. The molecule has 0 saturated carbocycles. The molecule has 2 unspecified atom stereocenters. The summed E-state index contributed by atoms with van der Waals surface area (Å²) in [5, 5.41) is 3.58. The predicted molar refractivity (Wildman–Crippen MR) is 68.8 cm³/mol. The summed E-state index contributed by atoms with van der Waals surface area (Å²) in [6.45, 7) is 14.3. The van der Waals surface area contributed by atoms with Gasteiger partial charge >= 0.3 is 0 Å². The van der Waals surface area contributed by atoms with Gasteiger partial charge < -0.3 is 10.1 Å². The fourth-order valence-corrected chi connectivity index (χ4v) is 2.22. The lowest BCUT2D eigenvalue weighted by molar-refractivity contribution is -0.0782. The number of rotatable bonds is 5. The molecule has 0 aromatic rings. The zero-order valence-electron chi connectivity index (χ0n) is 11.5. The molecule has 1 aliphatic heterocycles. The average Bonchev–Trinajstić information content (AvgIpc) is 2.23. The van der Waals surface area contributed by atoms with Crippen LogP contribution in [0.4, 0.5) is 0 Å². The molecule has 0 aromatic heterocycles. The molecule has 0 spiro atoms. The van der Waals surface area contributed by atoms with Crippen LogP contribution in [-0.2, 0) is 4.74 Å². The van der Waals surface area contributed by atoms with Gasteiger partial charge in [0, 0.05) is 31.7 Å². The minimum atomic E-state index is 0.370. The molecule has 1 N–H and O–H groups in total. The third kappa shape index (κ3) is 4.40. The summed E-state index contributed by atoms with van der Waals surface area (Å²) in [6.07, 6.45) is 1.94. The number of nitrogens with zero attached hydrogens (tertiary/aromatic N) is 1. The van der Waals surface area contributed by atoms with E-state index in [1.165, 1.54) is 6.42 Å². The Morgan fingerprint density at radius 1 is 1.25 bits per heavy atom. The molecule has 16 heavy (non-hydrogen) atoms. The predicted octanol–water partition coefficient (Wildman–Crippen LogP) is 1.87. The molecule has 1 rings (SSSR count). The van der Waals surface area contributed by atoms with Crippen molar-refractivity contribution < 1.29 is 4.74 Å². The molecule has 3 nitrogen and oxygen atoms in total. The SMILES string of the molecule is CCC(C)NCC(C)N1C[C@@H](C)O[C@@H](C)C1. The van der Waals surface area contributed by atoms with Crippen molar-refractivity contribution in [3.63, 3.8) is 0 Å². The van der Waals surface area contributed by atoms with E-state index in [0.717, 1.165) is 19.6 Å². The van der Waals surface area contributed by atoms with Gasteiger partial charge in [0.05, 0.1) is 12.2 Å². The van der Waals surface area contributed by atoms with E-state index in [-0.39, 0.29) is 0 Å². The quantitative estimate of drug-likeness (QED) is 0.777. The summed E-state index contributed by atoms with van der Waals surface area (Å²) in [4.78, 5) is 2.54. The average molecular weight is 228 g/mol. The lowest BCUT2D eigenvalue weighted by Crippen LogP contribution is -2.52. The molecule has 4 atom stereocenters. The Morgan fingerprint density at radius 3 is 2.31 bits per heavy atom. The Labute approximate surface area is 101 Å². The van der Waals surface area contributed by atoms with Crippen molar-refractivity contribution in [3.05, 3.63) is 0 Å². The summed E-state index contributed by atoms with van der Waals surface area (Å²) in [6, 6.07) is 1.22. The normalized spacial score (nSPS) is 31.3. The van der Waals surface area contributed by atoms with E-state index < -0.39 is 0 Å². The molecular weight excluding hydrogens is 200 g/mol. The van der Waals surface area contributed by atoms with E-state index in [2.05, 4.69) is 44.8 Å². The maximum absolute atomic E-state index is 5.75. The molecule has 1 aliphatic rings. The number of hydrogen-bond acceptors (Lipinski definition) is 3. The number of morpholine rings is 1. The number of ether oxygens (including phenoxy) is 1. The van der Waals surface area contributed by atoms with Crippen LogP contribution in [0.1, 0.15) is 41.0 Å². The Bertz CT molecular complexity index is 188. The first-order valence-corrected chi connectivity index (χ1v) is 6.65. The van der Waals surface area contributed by atoms with Crippen LogP contribution in [0.25, 0.3) is 0 Å². The third-order valence-electron chi connectivity index (χ3n) is 3.45. The van der Waals surface area contributed by atoms with Gasteiger partial charge in [-0.3, -0.25) is 4.90 Å². The zero-order chi connectivity index (χ0) is 12.1. The van der Waals surface area contributed by atoms with Crippen LogP contribution >= 0.6 is 0 Å². The molecule has 1 saturated heterocycles. The molecule has 0 bridgehead atoms. The van der Waals surface area contributed by atoms with Crippen LogP contribution < -0.4 is 5.32 Å². The highest BCUT2D eigenvalue weighted by Gasteiger charge is 2.25. The van der Waals surface area contributed by atoms with Crippen molar-refractivity contribution in [1.29, 1.82) is 0 Å². The molecule has 1 fully saturated rings. The van der Waals surface area contributed by atoms with Gasteiger partial charge in [0.25, 0.3) is 0 Å². The summed E-state index contributed by atoms with van der Waals surface area (Å²) in [5.41, 5.74) is 0. The first-order valence-electron chi connectivity index (χ1n) is 6.65. The highest BCUT2D eigenvalue weighted by molar-refractivity contribution is 4.79. The van der Waals surface area contributed by atoms with Gasteiger partial charge in [0.15, 0.2) is 0 Å². The Balaban J connectivity index is 2.32. The highest BCUT2D eigenvalue weighted by atomic mass is 16.5. The fraction of sp³-hybridized carbons (Fsp3) is 1.00. The van der Waals surface area contributed by atoms with Crippen molar-refractivity contribution in [3.8, 4) is 0 Å². The van der Waals surface area contributed by atoms with Gasteiger partial charge in [-0.1, -0.05) is 6.92 Å². The second kappa shape index (κ2) is 6.58. The fourth-order valence-electron chi connectivity index (χ4n) is 2.22. The van der Waals surface area contributed by atoms with E-state index in [4.69, 9.17) is 4.74 Å².